The van der Waals surface area contributed by atoms with Crippen LogP contribution in [-0.4, -0.2) is 48.2 Å². The number of aliphatic carboxylic acids is 1. The number of ether oxygens (including phenoxy) is 1. The molecule has 104 valence electrons. The molecule has 0 fully saturated rings. The van der Waals surface area contributed by atoms with Crippen LogP contribution in [0, 0.1) is 0 Å². The second-order valence-corrected chi connectivity index (χ2v) is 3.84. The van der Waals surface area contributed by atoms with E-state index in [4.69, 9.17) is 9.84 Å². The molecule has 0 aromatic carbocycles. The zero-order valence-electron chi connectivity index (χ0n) is 10.9. The summed E-state index contributed by atoms with van der Waals surface area (Å²) in [4.78, 5) is 32.9. The van der Waals surface area contributed by atoms with E-state index in [1.807, 2.05) is 0 Å². The third kappa shape index (κ3) is 7.61. The van der Waals surface area contributed by atoms with Gasteiger partial charge in [-0.05, 0) is 13.8 Å². The first-order valence-electron chi connectivity index (χ1n) is 5.75. The van der Waals surface area contributed by atoms with Gasteiger partial charge in [-0.1, -0.05) is 0 Å². The molecule has 0 aromatic rings. The van der Waals surface area contributed by atoms with Crippen molar-refractivity contribution in [1.29, 1.82) is 0 Å². The highest BCUT2D eigenvalue weighted by Gasteiger charge is 2.17. The van der Waals surface area contributed by atoms with Gasteiger partial charge in [0, 0.05) is 20.1 Å². The van der Waals surface area contributed by atoms with Crippen LogP contribution in [0.5, 0.6) is 0 Å². The second kappa shape index (κ2) is 8.46. The Morgan fingerprint density at radius 1 is 1.33 bits per heavy atom. The molecule has 2 amide bonds. The standard InChI is InChI=1S/C11H20N2O5/c1-4-18-9(5-10(15)16)6-12-11(17)7(2)13-8(3)14/h7,9H,4-6H2,1-3H3,(H,12,17)(H,13,14)(H,15,16). The number of hydrogen-bond donors (Lipinski definition) is 3. The molecular formula is C11H20N2O5. The first kappa shape index (κ1) is 16.4. The van der Waals surface area contributed by atoms with Gasteiger partial charge in [-0.2, -0.15) is 0 Å². The molecule has 3 N–H and O–H groups in total. The average Bonchev–Trinajstić information content (AvgIpc) is 2.24. The highest BCUT2D eigenvalue weighted by atomic mass is 16.5. The van der Waals surface area contributed by atoms with Crippen molar-refractivity contribution in [3.05, 3.63) is 0 Å². The number of carboxylic acid groups (broad SMARTS) is 1. The fraction of sp³-hybridized carbons (Fsp3) is 0.727. The maximum atomic E-state index is 11.5. The van der Waals surface area contributed by atoms with E-state index in [-0.39, 0.29) is 24.8 Å². The van der Waals surface area contributed by atoms with Gasteiger partial charge in [-0.3, -0.25) is 14.4 Å². The molecule has 2 atom stereocenters. The van der Waals surface area contributed by atoms with E-state index < -0.39 is 18.1 Å². The van der Waals surface area contributed by atoms with E-state index in [1.54, 1.807) is 13.8 Å². The Balaban J connectivity index is 4.12. The van der Waals surface area contributed by atoms with E-state index in [2.05, 4.69) is 10.6 Å². The van der Waals surface area contributed by atoms with Gasteiger partial charge >= 0.3 is 5.97 Å². The lowest BCUT2D eigenvalue weighted by molar-refractivity contribution is -0.140. The fourth-order valence-electron chi connectivity index (χ4n) is 1.36. The molecule has 18 heavy (non-hydrogen) atoms. The van der Waals surface area contributed by atoms with E-state index in [1.165, 1.54) is 6.92 Å². The molecule has 7 heteroatoms. The molecule has 0 aromatic heterocycles. The summed E-state index contributed by atoms with van der Waals surface area (Å²) >= 11 is 0. The number of amides is 2. The first-order valence-corrected chi connectivity index (χ1v) is 5.75. The lowest BCUT2D eigenvalue weighted by Crippen LogP contribution is -2.46. The topological polar surface area (TPSA) is 105 Å². The lowest BCUT2D eigenvalue weighted by atomic mass is 10.2. The number of carboxylic acids is 1. The van der Waals surface area contributed by atoms with Crippen LogP contribution in [0.15, 0.2) is 0 Å². The zero-order chi connectivity index (χ0) is 14.1. The third-order valence-corrected chi connectivity index (χ3v) is 2.12. The maximum Gasteiger partial charge on any atom is 0.306 e. The molecule has 0 heterocycles. The summed E-state index contributed by atoms with van der Waals surface area (Å²) in [5, 5.41) is 13.6. The number of rotatable bonds is 8. The van der Waals surface area contributed by atoms with Crippen molar-refractivity contribution < 1.29 is 24.2 Å². The van der Waals surface area contributed by atoms with Crippen molar-refractivity contribution in [2.45, 2.75) is 39.3 Å². The minimum atomic E-state index is -0.988. The fourth-order valence-corrected chi connectivity index (χ4v) is 1.36. The Bertz CT molecular complexity index is 306. The molecule has 0 saturated heterocycles. The summed E-state index contributed by atoms with van der Waals surface area (Å²) in [6, 6.07) is -0.658. The minimum Gasteiger partial charge on any atom is -0.481 e. The molecule has 2 unspecified atom stereocenters. The molecule has 0 spiro atoms. The predicted molar refractivity (Wildman–Crippen MR) is 64.0 cm³/mol. The highest BCUT2D eigenvalue weighted by molar-refractivity contribution is 5.86. The van der Waals surface area contributed by atoms with Gasteiger partial charge in [0.05, 0.1) is 12.5 Å². The summed E-state index contributed by atoms with van der Waals surface area (Å²) in [6.45, 7) is 5.08. The highest BCUT2D eigenvalue weighted by Crippen LogP contribution is 1.97. The molecule has 7 nitrogen and oxygen atoms in total. The Labute approximate surface area is 106 Å². The quantitative estimate of drug-likeness (QED) is 0.546. The monoisotopic (exact) mass is 260 g/mol. The van der Waals surface area contributed by atoms with Crippen LogP contribution in [0.1, 0.15) is 27.2 Å². The maximum absolute atomic E-state index is 11.5. The minimum absolute atomic E-state index is 0.100. The summed E-state index contributed by atoms with van der Waals surface area (Å²) in [5.74, 6) is -1.66. The molecule has 0 rings (SSSR count). The van der Waals surface area contributed by atoms with Crippen molar-refractivity contribution in [3.8, 4) is 0 Å². The van der Waals surface area contributed by atoms with Crippen LogP contribution in [0.25, 0.3) is 0 Å². The zero-order valence-corrected chi connectivity index (χ0v) is 10.9. The first-order chi connectivity index (χ1) is 8.36. The van der Waals surface area contributed by atoms with Crippen LogP contribution in [0.4, 0.5) is 0 Å². The van der Waals surface area contributed by atoms with Gasteiger partial charge in [0.1, 0.15) is 6.04 Å². The second-order valence-electron chi connectivity index (χ2n) is 3.84. The number of nitrogens with one attached hydrogen (secondary N) is 2. The largest absolute Gasteiger partial charge is 0.481 e. The van der Waals surface area contributed by atoms with Crippen LogP contribution >= 0.6 is 0 Å². The van der Waals surface area contributed by atoms with Crippen LogP contribution in [0.2, 0.25) is 0 Å². The Hall–Kier alpha value is -1.63. The number of hydrogen-bond acceptors (Lipinski definition) is 4. The van der Waals surface area contributed by atoms with Crippen molar-refractivity contribution >= 4 is 17.8 Å². The van der Waals surface area contributed by atoms with E-state index in [9.17, 15) is 14.4 Å². The van der Waals surface area contributed by atoms with Gasteiger partial charge in [-0.15, -0.1) is 0 Å². The molecular weight excluding hydrogens is 240 g/mol. The number of carbonyl (C=O) groups is 3. The van der Waals surface area contributed by atoms with Gasteiger partial charge in [0.25, 0.3) is 0 Å². The lowest BCUT2D eigenvalue weighted by Gasteiger charge is -2.18. The van der Waals surface area contributed by atoms with Gasteiger partial charge in [-0.25, -0.2) is 0 Å². The SMILES string of the molecule is CCOC(CNC(=O)C(C)NC(C)=O)CC(=O)O. The molecule has 0 bridgehead atoms. The third-order valence-electron chi connectivity index (χ3n) is 2.12. The molecule has 0 saturated carbocycles. The molecule has 0 aliphatic rings. The molecule has 0 radical (unpaired) electrons. The van der Waals surface area contributed by atoms with Crippen molar-refractivity contribution in [2.24, 2.45) is 0 Å². The smallest absolute Gasteiger partial charge is 0.306 e. The van der Waals surface area contributed by atoms with Gasteiger partial charge in [0.15, 0.2) is 0 Å². The number of carbonyl (C=O) groups excluding carboxylic acids is 2. The molecule has 0 aliphatic heterocycles. The van der Waals surface area contributed by atoms with Crippen LogP contribution in [-0.2, 0) is 19.1 Å². The summed E-state index contributed by atoms with van der Waals surface area (Å²) in [5.41, 5.74) is 0. The van der Waals surface area contributed by atoms with Crippen molar-refractivity contribution in [2.75, 3.05) is 13.2 Å². The predicted octanol–water partition coefficient (Wildman–Crippen LogP) is -0.493. The van der Waals surface area contributed by atoms with Gasteiger partial charge in [0.2, 0.25) is 11.8 Å². The van der Waals surface area contributed by atoms with E-state index in [0.717, 1.165) is 0 Å². The van der Waals surface area contributed by atoms with Crippen LogP contribution in [0.3, 0.4) is 0 Å². The van der Waals surface area contributed by atoms with E-state index >= 15 is 0 Å². The Kier molecular flexibility index (Phi) is 7.69. The van der Waals surface area contributed by atoms with Gasteiger partial charge < -0.3 is 20.5 Å². The normalized spacial score (nSPS) is 13.5. The summed E-state index contributed by atoms with van der Waals surface area (Å²) < 4.78 is 5.18. The average molecular weight is 260 g/mol. The summed E-state index contributed by atoms with van der Waals surface area (Å²) in [7, 11) is 0. The Morgan fingerprint density at radius 3 is 2.39 bits per heavy atom. The Morgan fingerprint density at radius 2 is 1.94 bits per heavy atom. The van der Waals surface area contributed by atoms with E-state index in [0.29, 0.717) is 6.61 Å². The van der Waals surface area contributed by atoms with Crippen LogP contribution < -0.4 is 10.6 Å². The summed E-state index contributed by atoms with van der Waals surface area (Å²) in [6.07, 6.45) is -0.746. The molecule has 0 aliphatic carbocycles. The van der Waals surface area contributed by atoms with Crippen molar-refractivity contribution in [1.82, 2.24) is 10.6 Å². The van der Waals surface area contributed by atoms with Crippen molar-refractivity contribution in [3.63, 3.8) is 0 Å².